The number of aliphatic hydroxyl groups excluding tert-OH is 1. The van der Waals surface area contributed by atoms with E-state index in [2.05, 4.69) is 0 Å². The number of rotatable bonds is 9. The van der Waals surface area contributed by atoms with Crippen LogP contribution in [-0.2, 0) is 14.6 Å². The van der Waals surface area contributed by atoms with Gasteiger partial charge in [0.2, 0.25) is 5.91 Å². The summed E-state index contributed by atoms with van der Waals surface area (Å²) in [5.74, 6) is 0.301. The van der Waals surface area contributed by atoms with Gasteiger partial charge in [-0.1, -0.05) is 0 Å². The van der Waals surface area contributed by atoms with Crippen LogP contribution >= 0.6 is 0 Å². The van der Waals surface area contributed by atoms with Crippen LogP contribution in [0.1, 0.15) is 32.6 Å². The van der Waals surface area contributed by atoms with Crippen molar-refractivity contribution in [2.24, 2.45) is 0 Å². The molecule has 7 heteroatoms. The van der Waals surface area contributed by atoms with E-state index in [1.165, 1.54) is 0 Å². The molecule has 124 valence electrons. The molecule has 1 saturated heterocycles. The lowest BCUT2D eigenvalue weighted by molar-refractivity contribution is -0.133. The molecular weight excluding hydrogens is 292 g/mol. The molecule has 0 aromatic carbocycles. The highest BCUT2D eigenvalue weighted by Crippen LogP contribution is 2.18. The smallest absolute Gasteiger partial charge is 0.237 e. The molecule has 1 unspecified atom stereocenters. The van der Waals surface area contributed by atoms with Crippen LogP contribution in [-0.4, -0.2) is 80.1 Å². The Bertz CT molecular complexity index is 425. The van der Waals surface area contributed by atoms with Crippen LogP contribution in [0.3, 0.4) is 0 Å². The van der Waals surface area contributed by atoms with E-state index in [4.69, 9.17) is 5.11 Å². The van der Waals surface area contributed by atoms with Crippen molar-refractivity contribution in [3.05, 3.63) is 0 Å². The number of carbonyl (C=O) groups excluding carboxylic acids is 1. The molecule has 1 aliphatic rings. The molecule has 0 spiro atoms. The third-order valence-corrected chi connectivity index (χ3v) is 5.66. The fourth-order valence-electron chi connectivity index (χ4n) is 2.73. The number of hydrogen-bond donors (Lipinski definition) is 1. The van der Waals surface area contributed by atoms with Crippen molar-refractivity contribution in [3.8, 4) is 0 Å². The number of aliphatic hydroxyl groups is 1. The second-order valence-electron chi connectivity index (χ2n) is 5.76. The normalized spacial score (nSPS) is 20.9. The van der Waals surface area contributed by atoms with Crippen LogP contribution in [0.4, 0.5) is 0 Å². The highest BCUT2D eigenvalue weighted by Gasteiger charge is 2.33. The van der Waals surface area contributed by atoms with Gasteiger partial charge in [0.1, 0.15) is 0 Å². The lowest BCUT2D eigenvalue weighted by atomic mass is 10.2. The van der Waals surface area contributed by atoms with E-state index >= 15 is 0 Å². The SMILES string of the molecule is CCN(C(=O)CN(C)CCCCCO)C1CCS(=O)(=O)C1. The maximum absolute atomic E-state index is 12.3. The van der Waals surface area contributed by atoms with E-state index < -0.39 is 9.84 Å². The van der Waals surface area contributed by atoms with Gasteiger partial charge in [0.25, 0.3) is 0 Å². The highest BCUT2D eigenvalue weighted by atomic mass is 32.2. The summed E-state index contributed by atoms with van der Waals surface area (Å²) in [6.45, 7) is 3.79. The van der Waals surface area contributed by atoms with E-state index in [0.717, 1.165) is 25.8 Å². The number of sulfone groups is 1. The van der Waals surface area contributed by atoms with E-state index in [1.807, 2.05) is 18.9 Å². The molecule has 1 amide bonds. The molecule has 0 aromatic rings. The molecule has 0 aliphatic carbocycles. The average Bonchev–Trinajstić information content (AvgIpc) is 2.75. The Kier molecular flexibility index (Phi) is 7.62. The summed E-state index contributed by atoms with van der Waals surface area (Å²) in [6.07, 6.45) is 3.26. The summed E-state index contributed by atoms with van der Waals surface area (Å²) in [5, 5.41) is 8.72. The summed E-state index contributed by atoms with van der Waals surface area (Å²) in [5.41, 5.74) is 0. The van der Waals surface area contributed by atoms with Crippen LogP contribution < -0.4 is 0 Å². The predicted molar refractivity (Wildman–Crippen MR) is 82.9 cm³/mol. The Morgan fingerprint density at radius 2 is 2.00 bits per heavy atom. The van der Waals surface area contributed by atoms with Crippen LogP contribution in [0.5, 0.6) is 0 Å². The Hall–Kier alpha value is -0.660. The zero-order valence-corrected chi connectivity index (χ0v) is 13.9. The highest BCUT2D eigenvalue weighted by molar-refractivity contribution is 7.91. The molecule has 1 rings (SSSR count). The molecule has 1 fully saturated rings. The molecule has 1 aliphatic heterocycles. The maximum atomic E-state index is 12.3. The van der Waals surface area contributed by atoms with Gasteiger partial charge in [-0.2, -0.15) is 0 Å². The minimum Gasteiger partial charge on any atom is -0.396 e. The van der Waals surface area contributed by atoms with Crippen molar-refractivity contribution in [2.45, 2.75) is 38.6 Å². The lowest BCUT2D eigenvalue weighted by Gasteiger charge is -2.29. The average molecular weight is 320 g/mol. The second-order valence-corrected chi connectivity index (χ2v) is 7.99. The van der Waals surface area contributed by atoms with E-state index in [1.54, 1.807) is 4.90 Å². The molecule has 0 saturated carbocycles. The summed E-state index contributed by atoms with van der Waals surface area (Å²) in [4.78, 5) is 16.0. The van der Waals surface area contributed by atoms with Crippen LogP contribution in [0, 0.1) is 0 Å². The minimum atomic E-state index is -2.96. The predicted octanol–water partition coefficient (Wildman–Crippen LogP) is 0.116. The van der Waals surface area contributed by atoms with Crippen molar-refractivity contribution >= 4 is 15.7 Å². The zero-order chi connectivity index (χ0) is 15.9. The fourth-order valence-corrected chi connectivity index (χ4v) is 4.46. The Morgan fingerprint density at radius 1 is 1.29 bits per heavy atom. The first-order valence-corrected chi connectivity index (χ1v) is 9.51. The Labute approximate surface area is 128 Å². The van der Waals surface area contributed by atoms with Gasteiger partial charge in [0.15, 0.2) is 9.84 Å². The molecule has 6 nitrogen and oxygen atoms in total. The number of likely N-dealkylation sites (N-methyl/N-ethyl adjacent to an activating group) is 2. The van der Waals surface area contributed by atoms with E-state index in [9.17, 15) is 13.2 Å². The first-order chi connectivity index (χ1) is 9.89. The monoisotopic (exact) mass is 320 g/mol. The number of carbonyl (C=O) groups is 1. The van der Waals surface area contributed by atoms with Crippen LogP contribution in [0.2, 0.25) is 0 Å². The standard InChI is InChI=1S/C14H28N2O4S/c1-3-16(13-7-10-21(19,20)12-13)14(18)11-15(2)8-5-4-6-9-17/h13,17H,3-12H2,1-2H3. The summed E-state index contributed by atoms with van der Waals surface area (Å²) < 4.78 is 23.1. The van der Waals surface area contributed by atoms with Gasteiger partial charge >= 0.3 is 0 Å². The van der Waals surface area contributed by atoms with Crippen molar-refractivity contribution in [1.82, 2.24) is 9.80 Å². The first-order valence-electron chi connectivity index (χ1n) is 7.69. The van der Waals surface area contributed by atoms with Crippen molar-refractivity contribution in [2.75, 3.05) is 44.8 Å². The minimum absolute atomic E-state index is 0.00394. The molecule has 21 heavy (non-hydrogen) atoms. The van der Waals surface area contributed by atoms with Gasteiger partial charge in [-0.05, 0) is 46.2 Å². The van der Waals surface area contributed by atoms with Gasteiger partial charge in [-0.25, -0.2) is 8.42 Å². The van der Waals surface area contributed by atoms with Crippen molar-refractivity contribution in [3.63, 3.8) is 0 Å². The largest absolute Gasteiger partial charge is 0.396 e. The molecular formula is C14H28N2O4S. The Morgan fingerprint density at radius 3 is 2.52 bits per heavy atom. The quantitative estimate of drug-likeness (QED) is 0.610. The van der Waals surface area contributed by atoms with Crippen molar-refractivity contribution in [1.29, 1.82) is 0 Å². The molecule has 0 bridgehead atoms. The summed E-state index contributed by atoms with van der Waals surface area (Å²) >= 11 is 0. The van der Waals surface area contributed by atoms with E-state index in [-0.39, 0.29) is 30.1 Å². The first kappa shape index (κ1) is 18.4. The summed E-state index contributed by atoms with van der Waals surface area (Å²) in [6, 6.07) is -0.157. The number of hydrogen-bond acceptors (Lipinski definition) is 5. The van der Waals surface area contributed by atoms with Crippen LogP contribution in [0.25, 0.3) is 0 Å². The Balaban J connectivity index is 2.41. The van der Waals surface area contributed by atoms with Gasteiger partial charge < -0.3 is 10.0 Å². The molecule has 1 N–H and O–H groups in total. The number of amides is 1. The fraction of sp³-hybridized carbons (Fsp3) is 0.929. The summed E-state index contributed by atoms with van der Waals surface area (Å²) in [7, 11) is -1.07. The number of nitrogens with zero attached hydrogens (tertiary/aromatic N) is 2. The van der Waals surface area contributed by atoms with Gasteiger partial charge in [-0.15, -0.1) is 0 Å². The third kappa shape index (κ3) is 6.32. The molecule has 0 aromatic heterocycles. The lowest BCUT2D eigenvalue weighted by Crippen LogP contribution is -2.45. The molecule has 0 radical (unpaired) electrons. The number of unbranched alkanes of at least 4 members (excludes halogenated alkanes) is 2. The van der Waals surface area contributed by atoms with Crippen LogP contribution in [0.15, 0.2) is 0 Å². The second kappa shape index (κ2) is 8.70. The molecule has 1 heterocycles. The van der Waals surface area contributed by atoms with Gasteiger partial charge in [0, 0.05) is 19.2 Å². The molecule has 1 atom stereocenters. The zero-order valence-electron chi connectivity index (χ0n) is 13.1. The van der Waals surface area contributed by atoms with E-state index in [0.29, 0.717) is 19.5 Å². The van der Waals surface area contributed by atoms with Crippen molar-refractivity contribution < 1.29 is 18.3 Å². The van der Waals surface area contributed by atoms with Gasteiger partial charge in [-0.3, -0.25) is 9.69 Å². The van der Waals surface area contributed by atoms with Gasteiger partial charge in [0.05, 0.1) is 18.1 Å². The third-order valence-electron chi connectivity index (χ3n) is 3.91. The maximum Gasteiger partial charge on any atom is 0.237 e. The topological polar surface area (TPSA) is 77.9 Å².